The quantitative estimate of drug-likeness (QED) is 0.285. The Morgan fingerprint density at radius 2 is 1.96 bits per heavy atom. The van der Waals surface area contributed by atoms with Gasteiger partial charge in [-0.05, 0) is 0 Å². The Morgan fingerprint density at radius 3 is 2.74 bits per heavy atom. The third-order valence-corrected chi connectivity index (χ3v) is 7.15. The molecule has 3 rings (SSSR count). The van der Waals surface area contributed by atoms with Crippen molar-refractivity contribution in [2.45, 2.75) is 0 Å². The fraction of sp³-hybridized carbons (Fsp3) is 0.100. The predicted molar refractivity (Wildman–Crippen MR) is 114 cm³/mol. The second-order valence-corrected chi connectivity index (χ2v) is 9.62. The van der Waals surface area contributed by atoms with Crippen molar-refractivity contribution < 1.29 is 13.9 Å². The summed E-state index contributed by atoms with van der Waals surface area (Å²) < 4.78 is 22.1. The van der Waals surface area contributed by atoms with E-state index in [2.05, 4.69) is 32.9 Å². The first kappa shape index (κ1) is 19.8. The van der Waals surface area contributed by atoms with Crippen molar-refractivity contribution in [3.63, 3.8) is 0 Å². The number of amides is 1. The van der Waals surface area contributed by atoms with Crippen molar-refractivity contribution >= 4 is 53.0 Å². The molecule has 1 unspecified atom stereocenters. The van der Waals surface area contributed by atoms with Crippen molar-refractivity contribution in [3.8, 4) is 5.75 Å². The number of carbonyl (C=O) groups excluding carboxylic acids is 1. The molecule has 3 aromatic rings. The van der Waals surface area contributed by atoms with Crippen LogP contribution in [0.25, 0.3) is 0 Å². The number of carbonyl (C=O) groups is 1. The van der Waals surface area contributed by atoms with Gasteiger partial charge in [0.25, 0.3) is 0 Å². The molecule has 1 N–H and O–H groups in total. The van der Waals surface area contributed by atoms with Crippen LogP contribution >= 0.6 is 22.6 Å². The fourth-order valence-electron chi connectivity index (χ4n) is 2.37. The average Bonchev–Trinajstić information content (AvgIpc) is 2.68. The molecule has 2 aromatic carbocycles. The summed E-state index contributed by atoms with van der Waals surface area (Å²) in [4.78, 5) is 16.6. The summed E-state index contributed by atoms with van der Waals surface area (Å²) in [7, 11) is 0. The normalized spacial score (nSPS) is 10.9. The molecule has 1 aromatic heterocycles. The number of ether oxygens (including phenoxy) is 1. The van der Waals surface area contributed by atoms with Gasteiger partial charge in [0.05, 0.1) is 0 Å². The van der Waals surface area contributed by atoms with E-state index in [1.54, 1.807) is 24.5 Å². The number of halogens is 2. The Labute approximate surface area is 177 Å². The number of hydrogen-bond acceptors (Lipinski definition) is 3. The molecule has 0 bridgehead atoms. The van der Waals surface area contributed by atoms with Gasteiger partial charge in [0, 0.05) is 0 Å². The first-order chi connectivity index (χ1) is 13.1. The zero-order chi connectivity index (χ0) is 19.1. The molecule has 0 saturated carbocycles. The van der Waals surface area contributed by atoms with Crippen molar-refractivity contribution in [1.82, 2.24) is 10.3 Å². The number of nitrogens with zero attached hydrogens (tertiary/aromatic N) is 1. The standard InChI is InChI=1S/C20H17AsFIN2O2/c22-19-12-14(23)6-7-17(19)21-18-13-24-9-8-16(18)20(26)25-10-11-27-15-4-2-1-3-5-15/h1-9,12-13,21H,10-11H2,(H,25,26). The van der Waals surface area contributed by atoms with E-state index in [9.17, 15) is 9.18 Å². The zero-order valence-electron chi connectivity index (χ0n) is 14.3. The first-order valence-electron chi connectivity index (χ1n) is 8.25. The van der Waals surface area contributed by atoms with Crippen LogP contribution in [0.2, 0.25) is 0 Å². The number of aromatic nitrogens is 1. The maximum absolute atomic E-state index is 14.2. The van der Waals surface area contributed by atoms with E-state index < -0.39 is 15.8 Å². The minimum atomic E-state index is -1.01. The van der Waals surface area contributed by atoms with Crippen LogP contribution in [-0.4, -0.2) is 39.8 Å². The summed E-state index contributed by atoms with van der Waals surface area (Å²) in [5.74, 6) is 0.337. The maximum atomic E-state index is 14.2. The summed E-state index contributed by atoms with van der Waals surface area (Å²) >= 11 is 1.07. The van der Waals surface area contributed by atoms with Crippen LogP contribution in [0, 0.1) is 9.39 Å². The number of pyridine rings is 1. The van der Waals surface area contributed by atoms with Gasteiger partial charge >= 0.3 is 178 Å². The Balaban J connectivity index is 1.61. The Morgan fingerprint density at radius 1 is 1.15 bits per heavy atom. The number of para-hydroxylation sites is 1. The van der Waals surface area contributed by atoms with Gasteiger partial charge in [-0.15, -0.1) is 0 Å². The van der Waals surface area contributed by atoms with Crippen LogP contribution in [-0.2, 0) is 0 Å². The van der Waals surface area contributed by atoms with Crippen LogP contribution in [0.3, 0.4) is 0 Å². The van der Waals surface area contributed by atoms with Crippen molar-refractivity contribution in [2.24, 2.45) is 0 Å². The van der Waals surface area contributed by atoms with Gasteiger partial charge < -0.3 is 0 Å². The molecule has 0 spiro atoms. The Hall–Kier alpha value is -1.92. The second-order valence-electron chi connectivity index (χ2n) is 5.59. The third-order valence-electron chi connectivity index (χ3n) is 3.67. The van der Waals surface area contributed by atoms with Gasteiger partial charge in [-0.25, -0.2) is 0 Å². The molecule has 0 aliphatic heterocycles. The van der Waals surface area contributed by atoms with Crippen molar-refractivity contribution in [3.05, 3.63) is 81.9 Å². The molecule has 0 aliphatic rings. The molecule has 1 atom stereocenters. The first-order valence-corrected chi connectivity index (χ1v) is 11.4. The summed E-state index contributed by atoms with van der Waals surface area (Å²) in [5, 5.41) is 2.85. The van der Waals surface area contributed by atoms with Gasteiger partial charge in [-0.2, -0.15) is 0 Å². The summed E-state index contributed by atoms with van der Waals surface area (Å²) in [6.45, 7) is 0.756. The molecule has 0 aliphatic carbocycles. The molecule has 4 nitrogen and oxygen atoms in total. The van der Waals surface area contributed by atoms with Crippen LogP contribution < -0.4 is 18.8 Å². The summed E-state index contributed by atoms with van der Waals surface area (Å²) in [6, 6.07) is 16.3. The molecule has 1 amide bonds. The molecule has 1 heterocycles. The molecular formula is C20H17AsFIN2O2. The molecule has 0 radical (unpaired) electrons. The van der Waals surface area contributed by atoms with Crippen molar-refractivity contribution in [1.29, 1.82) is 0 Å². The van der Waals surface area contributed by atoms with Crippen LogP contribution in [0.15, 0.2) is 67.0 Å². The molecule has 7 heteroatoms. The number of rotatable bonds is 7. The van der Waals surface area contributed by atoms with E-state index in [0.717, 1.165) is 13.7 Å². The Kier molecular flexibility index (Phi) is 7.24. The molecule has 0 saturated heterocycles. The average molecular weight is 538 g/mol. The summed E-state index contributed by atoms with van der Waals surface area (Å²) in [5.41, 5.74) is 0.544. The molecule has 0 fully saturated rings. The molecule has 27 heavy (non-hydrogen) atoms. The van der Waals surface area contributed by atoms with E-state index in [1.165, 1.54) is 6.07 Å². The monoisotopic (exact) mass is 538 g/mol. The third kappa shape index (κ3) is 5.78. The fourth-order valence-corrected chi connectivity index (χ4v) is 5.17. The second kappa shape index (κ2) is 9.85. The molecular weight excluding hydrogens is 521 g/mol. The van der Waals surface area contributed by atoms with Crippen LogP contribution in [0.5, 0.6) is 5.75 Å². The van der Waals surface area contributed by atoms with Gasteiger partial charge in [0.15, 0.2) is 0 Å². The topological polar surface area (TPSA) is 51.2 Å². The molecule has 138 valence electrons. The predicted octanol–water partition coefficient (Wildman–Crippen LogP) is 2.02. The number of benzene rings is 2. The SMILES string of the molecule is O=C(NCCOc1ccccc1)c1ccncc1[AsH]c1ccc(I)cc1F. The van der Waals surface area contributed by atoms with Crippen LogP contribution in [0.1, 0.15) is 10.4 Å². The van der Waals surface area contributed by atoms with E-state index in [4.69, 9.17) is 4.74 Å². The van der Waals surface area contributed by atoms with Gasteiger partial charge in [0.2, 0.25) is 0 Å². The van der Waals surface area contributed by atoms with Crippen LogP contribution in [0.4, 0.5) is 4.39 Å². The number of hydrogen-bond donors (Lipinski definition) is 1. The van der Waals surface area contributed by atoms with Gasteiger partial charge in [-0.1, -0.05) is 0 Å². The van der Waals surface area contributed by atoms with E-state index in [0.29, 0.717) is 23.1 Å². The van der Waals surface area contributed by atoms with E-state index in [-0.39, 0.29) is 11.7 Å². The van der Waals surface area contributed by atoms with Gasteiger partial charge in [-0.3, -0.25) is 0 Å². The van der Waals surface area contributed by atoms with E-state index in [1.807, 2.05) is 36.4 Å². The van der Waals surface area contributed by atoms with E-state index >= 15 is 0 Å². The van der Waals surface area contributed by atoms with Crippen molar-refractivity contribution in [2.75, 3.05) is 13.2 Å². The minimum absolute atomic E-state index is 0.196. The summed E-state index contributed by atoms with van der Waals surface area (Å²) in [6.07, 6.45) is 3.24. The Bertz CT molecular complexity index is 925. The number of nitrogens with one attached hydrogen (secondary N) is 1. The van der Waals surface area contributed by atoms with Gasteiger partial charge in [0.1, 0.15) is 0 Å². The zero-order valence-corrected chi connectivity index (χ0v) is 18.5.